The third-order valence-corrected chi connectivity index (χ3v) is 7.59. The number of anilines is 3. The highest BCUT2D eigenvalue weighted by Crippen LogP contribution is 2.23. The summed E-state index contributed by atoms with van der Waals surface area (Å²) < 4.78 is 6.68. The highest BCUT2D eigenvalue weighted by Gasteiger charge is 2.36. The van der Waals surface area contributed by atoms with Crippen LogP contribution in [-0.4, -0.2) is 49.3 Å². The summed E-state index contributed by atoms with van der Waals surface area (Å²) in [7, 11) is 0. The van der Waals surface area contributed by atoms with Gasteiger partial charge in [-0.25, -0.2) is 14.3 Å². The van der Waals surface area contributed by atoms with Crippen LogP contribution in [0.5, 0.6) is 0 Å². The number of nitrogens with zero attached hydrogens (tertiary/aromatic N) is 3. The van der Waals surface area contributed by atoms with Gasteiger partial charge in [-0.2, -0.15) is 0 Å². The predicted octanol–water partition coefficient (Wildman–Crippen LogP) is 3.14. The van der Waals surface area contributed by atoms with E-state index in [-0.39, 0.29) is 24.2 Å². The number of aliphatic hydroxyl groups is 1. The monoisotopic (exact) mass is 614 g/mol. The van der Waals surface area contributed by atoms with Crippen molar-refractivity contribution in [2.75, 3.05) is 10.6 Å². The SMILES string of the molecule is CCC(C(=O)NC1CC(=O)OC1O)n1c(=O)c(NC(=O)c2ncc(Nc3ccc4ccccc4c3)cc2C)cn(C(C)C)c1=O. The molecule has 0 bridgehead atoms. The largest absolute Gasteiger partial charge is 0.434 e. The molecule has 1 aliphatic rings. The summed E-state index contributed by atoms with van der Waals surface area (Å²) in [4.78, 5) is 69.4. The molecule has 0 radical (unpaired) electrons. The Morgan fingerprint density at radius 3 is 2.44 bits per heavy atom. The number of fused-ring (bicyclic) bond motifs is 1. The van der Waals surface area contributed by atoms with E-state index in [0.717, 1.165) is 21.0 Å². The number of amides is 2. The number of nitrogens with one attached hydrogen (secondary N) is 3. The number of esters is 1. The summed E-state index contributed by atoms with van der Waals surface area (Å²) in [5.41, 5.74) is 0.238. The van der Waals surface area contributed by atoms with Crippen LogP contribution in [0.25, 0.3) is 10.8 Å². The summed E-state index contributed by atoms with van der Waals surface area (Å²) >= 11 is 0. The van der Waals surface area contributed by atoms with Gasteiger partial charge in [0.05, 0.1) is 18.3 Å². The summed E-state index contributed by atoms with van der Waals surface area (Å²) in [6.07, 6.45) is 0.979. The second-order valence-corrected chi connectivity index (χ2v) is 11.2. The van der Waals surface area contributed by atoms with Crippen molar-refractivity contribution in [1.29, 1.82) is 0 Å². The van der Waals surface area contributed by atoms with E-state index in [4.69, 9.17) is 0 Å². The fraction of sp³-hybridized carbons (Fsp3) is 0.312. The van der Waals surface area contributed by atoms with Crippen LogP contribution in [0.3, 0.4) is 0 Å². The standard InChI is InChI=1S/C32H34N6O7/c1-5-25(28(40)35-23-14-26(39)45-31(23)43)38-30(42)24(16-37(17(2)3)32(38)44)36-29(41)27-18(4)12-22(15-33-27)34-21-11-10-19-8-6-7-9-20(19)13-21/h6-13,15-17,23,25,31,34,43H,5,14H2,1-4H3,(H,35,40)(H,36,41). The fourth-order valence-corrected chi connectivity index (χ4v) is 5.25. The maximum Gasteiger partial charge on any atom is 0.332 e. The molecule has 0 aliphatic carbocycles. The highest BCUT2D eigenvalue weighted by atomic mass is 16.6. The maximum atomic E-state index is 13.6. The van der Waals surface area contributed by atoms with Gasteiger partial charge in [-0.1, -0.05) is 37.3 Å². The normalized spacial score (nSPS) is 16.8. The second kappa shape index (κ2) is 12.7. The number of aromatic nitrogens is 3. The molecule has 13 heteroatoms. The smallest absolute Gasteiger partial charge is 0.332 e. The Bertz CT molecular complexity index is 1910. The van der Waals surface area contributed by atoms with Crippen molar-refractivity contribution in [3.05, 3.63) is 93.0 Å². The third-order valence-electron chi connectivity index (χ3n) is 7.59. The Hall–Kier alpha value is -5.30. The minimum Gasteiger partial charge on any atom is -0.434 e. The van der Waals surface area contributed by atoms with Crippen LogP contribution in [0, 0.1) is 6.92 Å². The van der Waals surface area contributed by atoms with Gasteiger partial charge in [0, 0.05) is 17.9 Å². The topological polar surface area (TPSA) is 174 Å². The van der Waals surface area contributed by atoms with Crippen LogP contribution in [0.15, 0.2) is 70.5 Å². The van der Waals surface area contributed by atoms with Gasteiger partial charge in [0.15, 0.2) is 0 Å². The van der Waals surface area contributed by atoms with Gasteiger partial charge >= 0.3 is 11.7 Å². The lowest BCUT2D eigenvalue weighted by Crippen LogP contribution is -2.50. The van der Waals surface area contributed by atoms with Gasteiger partial charge in [0.1, 0.15) is 23.5 Å². The van der Waals surface area contributed by atoms with Crippen LogP contribution >= 0.6 is 0 Å². The van der Waals surface area contributed by atoms with Crippen molar-refractivity contribution in [2.24, 2.45) is 0 Å². The number of carbonyl (C=O) groups is 3. The van der Waals surface area contributed by atoms with Crippen molar-refractivity contribution in [1.82, 2.24) is 19.4 Å². The zero-order valence-electron chi connectivity index (χ0n) is 25.2. The number of hydrogen-bond acceptors (Lipinski definition) is 9. The van der Waals surface area contributed by atoms with E-state index in [2.05, 4.69) is 25.7 Å². The molecular weight excluding hydrogens is 580 g/mol. The zero-order valence-corrected chi connectivity index (χ0v) is 25.2. The lowest BCUT2D eigenvalue weighted by Gasteiger charge is -2.23. The quantitative estimate of drug-likeness (QED) is 0.207. The van der Waals surface area contributed by atoms with Crippen LogP contribution in [0.2, 0.25) is 0 Å². The number of benzene rings is 2. The van der Waals surface area contributed by atoms with Crippen molar-refractivity contribution in [3.63, 3.8) is 0 Å². The van der Waals surface area contributed by atoms with E-state index in [1.165, 1.54) is 17.0 Å². The van der Waals surface area contributed by atoms with Gasteiger partial charge < -0.3 is 25.8 Å². The number of cyclic esters (lactones) is 1. The Morgan fingerprint density at radius 2 is 1.80 bits per heavy atom. The molecule has 13 nitrogen and oxygen atoms in total. The molecule has 2 aromatic heterocycles. The van der Waals surface area contributed by atoms with Crippen molar-refractivity contribution in [3.8, 4) is 0 Å². The first-order valence-corrected chi connectivity index (χ1v) is 14.6. The zero-order chi connectivity index (χ0) is 32.4. The Morgan fingerprint density at radius 1 is 1.07 bits per heavy atom. The molecule has 4 aromatic rings. The van der Waals surface area contributed by atoms with Crippen LogP contribution in [0.1, 0.15) is 61.7 Å². The number of pyridine rings is 1. The van der Waals surface area contributed by atoms with E-state index in [1.54, 1.807) is 33.8 Å². The number of ether oxygens (including phenoxy) is 1. The molecular formula is C32H34N6O7. The van der Waals surface area contributed by atoms with Crippen LogP contribution in [-0.2, 0) is 14.3 Å². The summed E-state index contributed by atoms with van der Waals surface area (Å²) in [5.74, 6) is -2.12. The third kappa shape index (κ3) is 6.48. The van der Waals surface area contributed by atoms with E-state index in [9.17, 15) is 29.1 Å². The van der Waals surface area contributed by atoms with E-state index < -0.39 is 53.4 Å². The summed E-state index contributed by atoms with van der Waals surface area (Å²) in [5, 5.41) is 20.4. The van der Waals surface area contributed by atoms with Gasteiger partial charge in [0.2, 0.25) is 12.2 Å². The van der Waals surface area contributed by atoms with Crippen LogP contribution in [0.4, 0.5) is 17.1 Å². The molecule has 1 aliphatic heterocycles. The Kier molecular flexibility index (Phi) is 8.82. The van der Waals surface area contributed by atoms with Crippen molar-refractivity contribution < 1.29 is 24.2 Å². The number of rotatable bonds is 9. The van der Waals surface area contributed by atoms with Crippen LogP contribution < -0.4 is 27.2 Å². The van der Waals surface area contributed by atoms with Gasteiger partial charge in [-0.05, 0) is 61.7 Å². The molecule has 3 heterocycles. The number of aliphatic hydroxyl groups excluding tert-OH is 1. The predicted molar refractivity (Wildman–Crippen MR) is 167 cm³/mol. The van der Waals surface area contributed by atoms with E-state index in [1.807, 2.05) is 42.5 Å². The minimum atomic E-state index is -1.54. The molecule has 4 N–H and O–H groups in total. The van der Waals surface area contributed by atoms with Gasteiger partial charge in [-0.15, -0.1) is 0 Å². The average molecular weight is 615 g/mol. The first-order chi connectivity index (χ1) is 21.5. The molecule has 2 aromatic carbocycles. The molecule has 2 amide bonds. The molecule has 1 saturated heterocycles. The lowest BCUT2D eigenvalue weighted by molar-refractivity contribution is -0.155. The summed E-state index contributed by atoms with van der Waals surface area (Å²) in [6, 6.07) is 12.9. The first kappa shape index (κ1) is 31.1. The number of aryl methyl sites for hydroxylation is 1. The lowest BCUT2D eigenvalue weighted by atomic mass is 10.1. The molecule has 0 saturated carbocycles. The van der Waals surface area contributed by atoms with E-state index in [0.29, 0.717) is 11.3 Å². The Labute approximate surface area is 257 Å². The molecule has 3 unspecified atom stereocenters. The van der Waals surface area contributed by atoms with Crippen molar-refractivity contribution in [2.45, 2.75) is 65.0 Å². The molecule has 234 valence electrons. The van der Waals surface area contributed by atoms with Crippen molar-refractivity contribution >= 4 is 45.6 Å². The Balaban J connectivity index is 1.40. The fourth-order valence-electron chi connectivity index (χ4n) is 5.25. The number of hydrogen-bond donors (Lipinski definition) is 4. The molecule has 45 heavy (non-hydrogen) atoms. The second-order valence-electron chi connectivity index (χ2n) is 11.2. The molecule has 1 fully saturated rings. The summed E-state index contributed by atoms with van der Waals surface area (Å²) in [6.45, 7) is 6.75. The molecule has 3 atom stereocenters. The highest BCUT2D eigenvalue weighted by molar-refractivity contribution is 6.04. The molecule has 0 spiro atoms. The average Bonchev–Trinajstić information content (AvgIpc) is 3.31. The van der Waals surface area contributed by atoms with Gasteiger partial charge in [0.25, 0.3) is 11.5 Å². The minimum absolute atomic E-state index is 0.0282. The van der Waals surface area contributed by atoms with E-state index >= 15 is 0 Å². The van der Waals surface area contributed by atoms with Gasteiger partial charge in [-0.3, -0.25) is 23.7 Å². The first-order valence-electron chi connectivity index (χ1n) is 14.6. The number of carbonyl (C=O) groups excluding carboxylic acids is 3. The molecule has 5 rings (SSSR count). The maximum absolute atomic E-state index is 13.6.